The Kier molecular flexibility index (Phi) is 6.12. The van der Waals surface area contributed by atoms with E-state index in [-0.39, 0.29) is 11.9 Å². The van der Waals surface area contributed by atoms with Crippen LogP contribution in [0.4, 0.5) is 0 Å². The van der Waals surface area contributed by atoms with E-state index in [1.165, 1.54) is 15.9 Å². The number of piperazine rings is 1. The fourth-order valence-corrected chi connectivity index (χ4v) is 5.18. The van der Waals surface area contributed by atoms with Gasteiger partial charge in [-0.3, -0.25) is 4.90 Å². The maximum absolute atomic E-state index is 11.0. The van der Waals surface area contributed by atoms with Gasteiger partial charge in [0.2, 0.25) is 10.8 Å². The lowest BCUT2D eigenvalue weighted by Crippen LogP contribution is -2.47. The third kappa shape index (κ3) is 3.84. The van der Waals surface area contributed by atoms with Gasteiger partial charge in [0.15, 0.2) is 11.5 Å². The van der Waals surface area contributed by atoms with E-state index in [0.717, 1.165) is 48.9 Å². The lowest BCUT2D eigenvalue weighted by atomic mass is 10.0. The standard InChI is InChI=1S/C21H29N5O3S/c1-5-24-9-11-25(12-10-24)18(15-7-8-16(29-6-2)17(13-15)28-4)19-20(27)26-21(30-19)22-14(3)23-26/h7-8,13,18,27H,5-6,9-12H2,1-4H3/t18-/m1/s1. The number of hydrogen-bond donors (Lipinski definition) is 1. The van der Waals surface area contributed by atoms with Gasteiger partial charge < -0.3 is 19.5 Å². The number of fused-ring (bicyclic) bond motifs is 1. The molecule has 1 atom stereocenters. The molecule has 1 aliphatic heterocycles. The van der Waals surface area contributed by atoms with Crippen molar-refractivity contribution in [2.24, 2.45) is 0 Å². The van der Waals surface area contributed by atoms with Crippen molar-refractivity contribution in [2.75, 3.05) is 46.4 Å². The summed E-state index contributed by atoms with van der Waals surface area (Å²) in [5, 5.41) is 15.4. The summed E-state index contributed by atoms with van der Waals surface area (Å²) in [4.78, 5) is 10.9. The summed E-state index contributed by atoms with van der Waals surface area (Å²) in [7, 11) is 1.65. The minimum absolute atomic E-state index is 0.109. The Morgan fingerprint density at radius 3 is 2.57 bits per heavy atom. The Balaban J connectivity index is 1.77. The van der Waals surface area contributed by atoms with Crippen LogP contribution in [0.15, 0.2) is 18.2 Å². The van der Waals surface area contributed by atoms with Crippen molar-refractivity contribution in [1.82, 2.24) is 24.4 Å². The first-order valence-corrected chi connectivity index (χ1v) is 11.2. The molecule has 9 heteroatoms. The molecule has 3 heterocycles. The third-order valence-corrected chi connectivity index (χ3v) is 6.65. The Bertz CT molecular complexity index is 1010. The van der Waals surface area contributed by atoms with E-state index in [0.29, 0.717) is 23.1 Å². The zero-order valence-corrected chi connectivity index (χ0v) is 18.8. The number of benzene rings is 1. The van der Waals surface area contributed by atoms with E-state index in [1.54, 1.807) is 7.11 Å². The van der Waals surface area contributed by atoms with Crippen LogP contribution in [-0.4, -0.2) is 75.9 Å². The Morgan fingerprint density at radius 2 is 1.93 bits per heavy atom. The number of hydrogen-bond acceptors (Lipinski definition) is 8. The predicted octanol–water partition coefficient (Wildman–Crippen LogP) is 2.94. The molecule has 1 aromatic carbocycles. The van der Waals surface area contributed by atoms with E-state index in [4.69, 9.17) is 9.47 Å². The van der Waals surface area contributed by atoms with Crippen molar-refractivity contribution >= 4 is 16.3 Å². The monoisotopic (exact) mass is 431 g/mol. The molecule has 0 amide bonds. The normalized spacial score (nSPS) is 16.8. The molecule has 1 fully saturated rings. The highest BCUT2D eigenvalue weighted by Crippen LogP contribution is 2.42. The molecule has 8 nitrogen and oxygen atoms in total. The molecule has 0 saturated carbocycles. The highest BCUT2D eigenvalue weighted by molar-refractivity contribution is 7.17. The van der Waals surface area contributed by atoms with Crippen LogP contribution in [0.2, 0.25) is 0 Å². The molecule has 4 rings (SSSR count). The highest BCUT2D eigenvalue weighted by Gasteiger charge is 2.32. The van der Waals surface area contributed by atoms with Crippen molar-refractivity contribution < 1.29 is 14.6 Å². The number of ether oxygens (including phenoxy) is 2. The predicted molar refractivity (Wildman–Crippen MR) is 117 cm³/mol. The molecule has 30 heavy (non-hydrogen) atoms. The average molecular weight is 432 g/mol. The molecule has 1 saturated heterocycles. The van der Waals surface area contributed by atoms with Gasteiger partial charge in [-0.2, -0.15) is 4.52 Å². The van der Waals surface area contributed by atoms with Crippen molar-refractivity contribution in [1.29, 1.82) is 0 Å². The van der Waals surface area contributed by atoms with Crippen LogP contribution in [0.1, 0.15) is 36.2 Å². The van der Waals surface area contributed by atoms with E-state index < -0.39 is 0 Å². The summed E-state index contributed by atoms with van der Waals surface area (Å²) < 4.78 is 12.8. The lowest BCUT2D eigenvalue weighted by molar-refractivity contribution is 0.113. The van der Waals surface area contributed by atoms with Crippen LogP contribution in [0.5, 0.6) is 17.4 Å². The third-order valence-electron chi connectivity index (χ3n) is 5.58. The molecule has 0 radical (unpaired) electrons. The second-order valence-electron chi connectivity index (χ2n) is 7.36. The number of rotatable bonds is 7. The second kappa shape index (κ2) is 8.79. The summed E-state index contributed by atoms with van der Waals surface area (Å²) >= 11 is 1.49. The van der Waals surface area contributed by atoms with Crippen molar-refractivity contribution in [3.63, 3.8) is 0 Å². The zero-order chi connectivity index (χ0) is 21.3. The van der Waals surface area contributed by atoms with Gasteiger partial charge in [-0.25, -0.2) is 4.98 Å². The molecule has 2 aromatic heterocycles. The summed E-state index contributed by atoms with van der Waals surface area (Å²) in [6, 6.07) is 5.92. The minimum Gasteiger partial charge on any atom is -0.493 e. The summed E-state index contributed by atoms with van der Waals surface area (Å²) in [5.74, 6) is 2.23. The number of aromatic hydroxyl groups is 1. The van der Waals surface area contributed by atoms with Gasteiger partial charge in [-0.1, -0.05) is 24.3 Å². The van der Waals surface area contributed by atoms with Gasteiger partial charge in [0, 0.05) is 26.2 Å². The van der Waals surface area contributed by atoms with E-state index in [9.17, 15) is 5.11 Å². The highest BCUT2D eigenvalue weighted by atomic mass is 32.1. The summed E-state index contributed by atoms with van der Waals surface area (Å²) in [6.45, 7) is 11.4. The van der Waals surface area contributed by atoms with Crippen LogP contribution in [-0.2, 0) is 0 Å². The molecular weight excluding hydrogens is 402 g/mol. The molecule has 162 valence electrons. The number of nitrogens with zero attached hydrogens (tertiary/aromatic N) is 5. The number of aromatic nitrogens is 3. The summed E-state index contributed by atoms with van der Waals surface area (Å²) in [6.07, 6.45) is 0. The Labute approximate surface area is 180 Å². The number of methoxy groups -OCH3 is 1. The molecule has 0 bridgehead atoms. The number of aryl methyl sites for hydroxylation is 1. The molecule has 1 aliphatic rings. The smallest absolute Gasteiger partial charge is 0.230 e. The van der Waals surface area contributed by atoms with Crippen LogP contribution in [0.3, 0.4) is 0 Å². The second-order valence-corrected chi connectivity index (χ2v) is 8.37. The van der Waals surface area contributed by atoms with E-state index in [2.05, 4.69) is 32.9 Å². The average Bonchev–Trinajstić information content (AvgIpc) is 3.27. The molecule has 3 aromatic rings. The topological polar surface area (TPSA) is 75.4 Å². The van der Waals surface area contributed by atoms with Gasteiger partial charge in [0.25, 0.3) is 0 Å². The molecule has 0 spiro atoms. The number of likely N-dealkylation sites (N-methyl/N-ethyl adjacent to an activating group) is 1. The van der Waals surface area contributed by atoms with E-state index >= 15 is 0 Å². The Hall–Kier alpha value is -2.36. The quantitative estimate of drug-likeness (QED) is 0.616. The van der Waals surface area contributed by atoms with Crippen molar-refractivity contribution in [3.05, 3.63) is 34.5 Å². The first-order valence-electron chi connectivity index (χ1n) is 10.4. The van der Waals surface area contributed by atoms with Gasteiger partial charge in [-0.05, 0) is 38.1 Å². The molecule has 0 aliphatic carbocycles. The van der Waals surface area contributed by atoms with Gasteiger partial charge >= 0.3 is 0 Å². The first-order chi connectivity index (χ1) is 14.5. The minimum atomic E-state index is -0.109. The fourth-order valence-electron chi connectivity index (χ4n) is 4.02. The zero-order valence-electron chi connectivity index (χ0n) is 18.0. The SMILES string of the molecule is CCOc1ccc([C@H](c2sc3nc(C)nn3c2O)N2CCN(CC)CC2)cc1OC. The maximum Gasteiger partial charge on any atom is 0.230 e. The summed E-state index contributed by atoms with van der Waals surface area (Å²) in [5.41, 5.74) is 1.05. The molecule has 0 unspecified atom stereocenters. The Morgan fingerprint density at radius 1 is 1.17 bits per heavy atom. The van der Waals surface area contributed by atoms with Gasteiger partial charge in [-0.15, -0.1) is 5.10 Å². The van der Waals surface area contributed by atoms with Crippen LogP contribution in [0.25, 0.3) is 4.96 Å². The van der Waals surface area contributed by atoms with Crippen LogP contribution >= 0.6 is 11.3 Å². The maximum atomic E-state index is 11.0. The molecular formula is C21H29N5O3S. The molecule has 1 N–H and O–H groups in total. The lowest BCUT2D eigenvalue weighted by Gasteiger charge is -2.38. The fraction of sp³-hybridized carbons (Fsp3) is 0.524. The first kappa shape index (κ1) is 20.9. The van der Waals surface area contributed by atoms with E-state index in [1.807, 2.05) is 26.0 Å². The van der Waals surface area contributed by atoms with Crippen LogP contribution in [0, 0.1) is 6.92 Å². The largest absolute Gasteiger partial charge is 0.493 e. The van der Waals surface area contributed by atoms with Crippen molar-refractivity contribution in [2.45, 2.75) is 26.8 Å². The van der Waals surface area contributed by atoms with Crippen molar-refractivity contribution in [3.8, 4) is 17.4 Å². The van der Waals surface area contributed by atoms with Gasteiger partial charge in [0.05, 0.1) is 24.6 Å². The number of thiazole rings is 1. The van der Waals surface area contributed by atoms with Crippen LogP contribution < -0.4 is 9.47 Å². The van der Waals surface area contributed by atoms with Gasteiger partial charge in [0.1, 0.15) is 5.82 Å².